The van der Waals surface area contributed by atoms with E-state index in [9.17, 15) is 22.8 Å². The predicted octanol–water partition coefficient (Wildman–Crippen LogP) is 3.79. The van der Waals surface area contributed by atoms with Crippen LogP contribution in [0.1, 0.15) is 12.0 Å². The molecule has 2 unspecified atom stereocenters. The predicted molar refractivity (Wildman–Crippen MR) is 110 cm³/mol. The highest BCUT2D eigenvalue weighted by Crippen LogP contribution is 2.28. The van der Waals surface area contributed by atoms with Crippen LogP contribution in [0.4, 0.5) is 18.9 Å². The Hall–Kier alpha value is -2.62. The van der Waals surface area contributed by atoms with Crippen LogP contribution in [-0.2, 0) is 9.59 Å². The molecule has 1 aliphatic rings. The number of benzene rings is 2. The first-order valence-electron chi connectivity index (χ1n) is 9.01. The Morgan fingerprint density at radius 1 is 1.19 bits per heavy atom. The van der Waals surface area contributed by atoms with Gasteiger partial charge in [-0.2, -0.15) is 23.3 Å². The molecular weight excluding hydrogens is 458 g/mol. The summed E-state index contributed by atoms with van der Waals surface area (Å²) in [7, 11) is 0. The maximum Gasteiger partial charge on any atom is 0.416 e. The molecule has 2 aromatic carbocycles. The van der Waals surface area contributed by atoms with Crippen molar-refractivity contribution in [2.24, 2.45) is 11.0 Å². The topological polar surface area (TPSA) is 82.0 Å². The molecule has 1 heterocycles. The van der Waals surface area contributed by atoms with Crippen LogP contribution in [0, 0.1) is 5.92 Å². The van der Waals surface area contributed by atoms with E-state index in [4.69, 9.17) is 28.3 Å². The van der Waals surface area contributed by atoms with Gasteiger partial charge in [0, 0.05) is 16.5 Å². The van der Waals surface area contributed by atoms with Crippen LogP contribution in [0.5, 0.6) is 0 Å². The van der Waals surface area contributed by atoms with E-state index in [1.807, 2.05) is 5.32 Å². The van der Waals surface area contributed by atoms with Gasteiger partial charge in [0.2, 0.25) is 5.91 Å². The van der Waals surface area contributed by atoms with Gasteiger partial charge in [0.25, 0.3) is 5.91 Å². The first-order chi connectivity index (χ1) is 14.6. The third kappa shape index (κ3) is 5.55. The summed E-state index contributed by atoms with van der Waals surface area (Å²) in [5, 5.41) is 17.2. The van der Waals surface area contributed by atoms with Gasteiger partial charge in [0.1, 0.15) is 5.92 Å². The van der Waals surface area contributed by atoms with Gasteiger partial charge < -0.3 is 10.4 Å². The van der Waals surface area contributed by atoms with Gasteiger partial charge in [-0.3, -0.25) is 9.59 Å². The van der Waals surface area contributed by atoms with E-state index in [0.717, 1.165) is 5.01 Å². The molecule has 0 fully saturated rings. The third-order valence-corrected chi connectivity index (χ3v) is 5.01. The number of amides is 2. The molecule has 0 aromatic heterocycles. The molecule has 0 aliphatic carbocycles. The maximum atomic E-state index is 13.0. The molecule has 2 amide bonds. The minimum absolute atomic E-state index is 0.147. The SMILES string of the molecule is O=C(NCC(O)C(F)(F)F)C1CC(c2ccc(Cl)cc2)=NN(c2cccc(Cl)c2)C1=O. The van der Waals surface area contributed by atoms with E-state index in [1.54, 1.807) is 42.5 Å². The number of carbonyl (C=O) groups is 2. The molecular formula is C20H16Cl2F3N3O3. The first kappa shape index (κ1) is 23.1. The van der Waals surface area contributed by atoms with E-state index in [-0.39, 0.29) is 12.1 Å². The number of hydrogen-bond acceptors (Lipinski definition) is 4. The monoisotopic (exact) mass is 473 g/mol. The fourth-order valence-electron chi connectivity index (χ4n) is 2.89. The van der Waals surface area contributed by atoms with Gasteiger partial charge in [0.15, 0.2) is 6.10 Å². The van der Waals surface area contributed by atoms with E-state index < -0.39 is 36.6 Å². The molecule has 11 heteroatoms. The van der Waals surface area contributed by atoms with Crippen molar-refractivity contribution in [2.45, 2.75) is 18.7 Å². The second-order valence-corrected chi connectivity index (χ2v) is 7.62. The van der Waals surface area contributed by atoms with Crippen molar-refractivity contribution in [3.8, 4) is 0 Å². The molecule has 3 rings (SSSR count). The number of hydrogen-bond donors (Lipinski definition) is 2. The van der Waals surface area contributed by atoms with Crippen LogP contribution >= 0.6 is 23.2 Å². The molecule has 2 aromatic rings. The van der Waals surface area contributed by atoms with Crippen molar-refractivity contribution in [1.82, 2.24) is 5.32 Å². The van der Waals surface area contributed by atoms with Crippen molar-refractivity contribution in [3.05, 3.63) is 64.1 Å². The highest BCUT2D eigenvalue weighted by molar-refractivity contribution is 6.31. The lowest BCUT2D eigenvalue weighted by Gasteiger charge is -2.29. The molecule has 2 atom stereocenters. The molecule has 0 spiro atoms. The molecule has 1 aliphatic heterocycles. The number of aliphatic hydroxyl groups excluding tert-OH is 1. The van der Waals surface area contributed by atoms with Gasteiger partial charge in [-0.1, -0.05) is 41.4 Å². The van der Waals surface area contributed by atoms with Gasteiger partial charge in [-0.05, 0) is 35.9 Å². The smallest absolute Gasteiger partial charge is 0.382 e. The number of aliphatic hydroxyl groups is 1. The Balaban J connectivity index is 1.91. The van der Waals surface area contributed by atoms with Crippen molar-refractivity contribution in [3.63, 3.8) is 0 Å². The van der Waals surface area contributed by atoms with E-state index in [1.165, 1.54) is 6.07 Å². The lowest BCUT2D eigenvalue weighted by Crippen LogP contribution is -2.49. The number of nitrogens with zero attached hydrogens (tertiary/aromatic N) is 2. The molecule has 0 saturated carbocycles. The molecule has 31 heavy (non-hydrogen) atoms. The Morgan fingerprint density at radius 3 is 2.48 bits per heavy atom. The number of rotatable bonds is 5. The van der Waals surface area contributed by atoms with E-state index in [0.29, 0.717) is 21.3 Å². The van der Waals surface area contributed by atoms with Crippen molar-refractivity contribution in [2.75, 3.05) is 11.6 Å². The van der Waals surface area contributed by atoms with Crippen LogP contribution in [0.15, 0.2) is 53.6 Å². The first-order valence-corrected chi connectivity index (χ1v) is 9.77. The third-order valence-electron chi connectivity index (χ3n) is 4.52. The van der Waals surface area contributed by atoms with Crippen molar-refractivity contribution < 1.29 is 27.9 Å². The van der Waals surface area contributed by atoms with Gasteiger partial charge >= 0.3 is 6.18 Å². The summed E-state index contributed by atoms with van der Waals surface area (Å²) in [5.74, 6) is -3.05. The normalized spacial score (nSPS) is 17.9. The quantitative estimate of drug-likeness (QED) is 0.648. The highest BCUT2D eigenvalue weighted by atomic mass is 35.5. The van der Waals surface area contributed by atoms with Crippen LogP contribution in [0.2, 0.25) is 10.0 Å². The summed E-state index contributed by atoms with van der Waals surface area (Å²) in [6.07, 6.45) is -7.79. The zero-order valence-electron chi connectivity index (χ0n) is 15.7. The number of halogens is 5. The standard InChI is InChI=1S/C20H16Cl2F3N3O3/c21-12-6-4-11(5-7-12)16-9-15(18(30)26-10-17(29)20(23,24)25)19(31)28(27-16)14-3-1-2-13(22)8-14/h1-8,15,17,29H,9-10H2,(H,26,30). The number of carbonyl (C=O) groups excluding carboxylic acids is 2. The minimum atomic E-state index is -4.90. The molecule has 2 N–H and O–H groups in total. The van der Waals surface area contributed by atoms with Crippen molar-refractivity contribution >= 4 is 46.4 Å². The van der Waals surface area contributed by atoms with Gasteiger partial charge in [-0.25, -0.2) is 0 Å². The second-order valence-electron chi connectivity index (χ2n) is 6.74. The maximum absolute atomic E-state index is 13.0. The van der Waals surface area contributed by atoms with Crippen LogP contribution < -0.4 is 10.3 Å². The van der Waals surface area contributed by atoms with Crippen LogP contribution in [0.25, 0.3) is 0 Å². The number of alkyl halides is 3. The van der Waals surface area contributed by atoms with E-state index in [2.05, 4.69) is 5.10 Å². The second kappa shape index (κ2) is 9.25. The fourth-order valence-corrected chi connectivity index (χ4v) is 3.20. The molecule has 0 saturated heterocycles. The Bertz CT molecular complexity index is 1010. The Morgan fingerprint density at radius 2 is 1.87 bits per heavy atom. The molecule has 164 valence electrons. The summed E-state index contributed by atoms with van der Waals surface area (Å²) in [5.41, 5.74) is 1.22. The summed E-state index contributed by atoms with van der Waals surface area (Å²) in [6.45, 7) is -1.07. The largest absolute Gasteiger partial charge is 0.416 e. The lowest BCUT2D eigenvalue weighted by atomic mass is 9.94. The molecule has 6 nitrogen and oxygen atoms in total. The van der Waals surface area contributed by atoms with Crippen LogP contribution in [0.3, 0.4) is 0 Å². The summed E-state index contributed by atoms with van der Waals surface area (Å²) in [4.78, 5) is 25.5. The number of anilines is 1. The lowest BCUT2D eigenvalue weighted by molar-refractivity contribution is -0.201. The Labute approximate surface area is 185 Å². The van der Waals surface area contributed by atoms with Crippen molar-refractivity contribution in [1.29, 1.82) is 0 Å². The zero-order chi connectivity index (χ0) is 22.8. The summed E-state index contributed by atoms with van der Waals surface area (Å²) in [6, 6.07) is 12.7. The van der Waals surface area contributed by atoms with E-state index >= 15 is 0 Å². The summed E-state index contributed by atoms with van der Waals surface area (Å²) < 4.78 is 37.6. The minimum Gasteiger partial charge on any atom is -0.382 e. The van der Waals surface area contributed by atoms with Gasteiger partial charge in [0.05, 0.1) is 17.9 Å². The summed E-state index contributed by atoms with van der Waals surface area (Å²) >= 11 is 11.9. The average Bonchev–Trinajstić information content (AvgIpc) is 2.72. The Kier molecular flexibility index (Phi) is 6.88. The zero-order valence-corrected chi connectivity index (χ0v) is 17.2. The van der Waals surface area contributed by atoms with Gasteiger partial charge in [-0.15, -0.1) is 0 Å². The fraction of sp³-hybridized carbons (Fsp3) is 0.250. The number of nitrogens with one attached hydrogen (secondary N) is 1. The molecule has 0 radical (unpaired) electrons. The highest BCUT2D eigenvalue weighted by Gasteiger charge is 2.41. The molecule has 0 bridgehead atoms. The average molecular weight is 474 g/mol. The number of hydrazone groups is 1. The van der Waals surface area contributed by atoms with Crippen LogP contribution in [-0.4, -0.2) is 41.5 Å².